The molecule has 0 saturated heterocycles. The number of benzene rings is 1. The minimum Gasteiger partial charge on any atom is -0.316 e. The van der Waals surface area contributed by atoms with Crippen LogP contribution >= 0.6 is 12.4 Å². The number of halogens is 1. The molecule has 0 heterocycles. The van der Waals surface area contributed by atoms with Crippen molar-refractivity contribution in [3.63, 3.8) is 0 Å². The Morgan fingerprint density at radius 2 is 1.95 bits per heavy atom. The molecule has 0 saturated carbocycles. The molecule has 0 spiro atoms. The van der Waals surface area contributed by atoms with E-state index in [0.717, 1.165) is 19.5 Å². The average Bonchev–Trinajstić information content (AvgIpc) is 2.46. The average molecular weight is 278 g/mol. The van der Waals surface area contributed by atoms with E-state index in [1.807, 2.05) is 0 Å². The van der Waals surface area contributed by atoms with Gasteiger partial charge in [0, 0.05) is 12.0 Å². The molecule has 1 nitrogen and oxygen atoms in total. The first kappa shape index (κ1) is 16.0. The molecule has 0 fully saturated rings. The molecule has 2 heteroatoms. The highest BCUT2D eigenvalue weighted by atomic mass is 35.5. The lowest BCUT2D eigenvalue weighted by molar-refractivity contribution is 0.475. The predicted molar refractivity (Wildman–Crippen MR) is 86.0 cm³/mol. The van der Waals surface area contributed by atoms with Crippen molar-refractivity contribution in [3.05, 3.63) is 60.2 Å². The lowest BCUT2D eigenvalue weighted by atomic mass is 9.75. The van der Waals surface area contributed by atoms with Gasteiger partial charge in [0.1, 0.15) is 0 Å². The van der Waals surface area contributed by atoms with Crippen molar-refractivity contribution >= 4 is 12.4 Å². The molecule has 1 aromatic carbocycles. The van der Waals surface area contributed by atoms with Gasteiger partial charge in [-0.25, -0.2) is 0 Å². The van der Waals surface area contributed by atoms with E-state index in [4.69, 9.17) is 0 Å². The van der Waals surface area contributed by atoms with E-state index in [-0.39, 0.29) is 17.8 Å². The second-order valence-electron chi connectivity index (χ2n) is 5.04. The van der Waals surface area contributed by atoms with Crippen molar-refractivity contribution in [2.45, 2.75) is 31.6 Å². The highest BCUT2D eigenvalue weighted by Crippen LogP contribution is 2.31. The van der Waals surface area contributed by atoms with Gasteiger partial charge in [0.2, 0.25) is 0 Å². The van der Waals surface area contributed by atoms with Crippen LogP contribution in [0.15, 0.2) is 54.6 Å². The lowest BCUT2D eigenvalue weighted by Gasteiger charge is -2.32. The largest absolute Gasteiger partial charge is 0.316 e. The van der Waals surface area contributed by atoms with Crippen LogP contribution < -0.4 is 5.32 Å². The second kappa shape index (κ2) is 8.19. The van der Waals surface area contributed by atoms with E-state index >= 15 is 0 Å². The summed E-state index contributed by atoms with van der Waals surface area (Å²) in [6, 6.07) is 10.8. The maximum Gasteiger partial charge on any atom is 0.0294 e. The third-order valence-corrected chi connectivity index (χ3v) is 3.64. The molecule has 2 rings (SSSR count). The van der Waals surface area contributed by atoms with Gasteiger partial charge in [-0.1, -0.05) is 68.0 Å². The molecule has 1 aromatic rings. The SMILES string of the molecule is CCCCNCC1(c2ccccc2)C=CC=CC1.Cl. The summed E-state index contributed by atoms with van der Waals surface area (Å²) < 4.78 is 0. The summed E-state index contributed by atoms with van der Waals surface area (Å²) >= 11 is 0. The molecule has 0 amide bonds. The minimum atomic E-state index is 0. The van der Waals surface area contributed by atoms with Gasteiger partial charge >= 0.3 is 0 Å². The van der Waals surface area contributed by atoms with Crippen LogP contribution in [-0.2, 0) is 5.41 Å². The third kappa shape index (κ3) is 4.22. The number of unbranched alkanes of at least 4 members (excludes halogenated alkanes) is 1. The molecule has 1 N–H and O–H groups in total. The Morgan fingerprint density at radius 1 is 1.16 bits per heavy atom. The van der Waals surface area contributed by atoms with E-state index in [0.29, 0.717) is 0 Å². The van der Waals surface area contributed by atoms with Crippen LogP contribution in [0.5, 0.6) is 0 Å². The van der Waals surface area contributed by atoms with Crippen LogP contribution in [0.1, 0.15) is 31.7 Å². The summed E-state index contributed by atoms with van der Waals surface area (Å²) in [4.78, 5) is 0. The summed E-state index contributed by atoms with van der Waals surface area (Å²) in [6.07, 6.45) is 12.5. The van der Waals surface area contributed by atoms with Gasteiger partial charge in [0.05, 0.1) is 0 Å². The first-order valence-electron chi connectivity index (χ1n) is 6.98. The standard InChI is InChI=1S/C17H23N.ClH/c1-2-3-14-18-15-17(12-8-5-9-13-17)16-10-6-4-7-11-16;/h4-12,18H,2-3,13-15H2,1H3;1H. The summed E-state index contributed by atoms with van der Waals surface area (Å²) in [5.41, 5.74) is 1.55. The van der Waals surface area contributed by atoms with Crippen LogP contribution in [0.2, 0.25) is 0 Å². The normalized spacial score (nSPS) is 21.1. The first-order chi connectivity index (χ1) is 8.87. The topological polar surface area (TPSA) is 12.0 Å². The van der Waals surface area contributed by atoms with Gasteiger partial charge in [-0.3, -0.25) is 0 Å². The highest BCUT2D eigenvalue weighted by molar-refractivity contribution is 5.85. The molecular formula is C17H24ClN. The predicted octanol–water partition coefficient (Wildman–Crippen LogP) is 4.25. The molecule has 1 atom stereocenters. The Kier molecular flexibility index (Phi) is 6.90. The fourth-order valence-corrected chi connectivity index (χ4v) is 2.50. The van der Waals surface area contributed by atoms with Crippen molar-refractivity contribution in [3.8, 4) is 0 Å². The van der Waals surface area contributed by atoms with E-state index in [2.05, 4.69) is 66.9 Å². The maximum absolute atomic E-state index is 3.61. The number of hydrogen-bond donors (Lipinski definition) is 1. The van der Waals surface area contributed by atoms with Crippen LogP contribution in [0, 0.1) is 0 Å². The van der Waals surface area contributed by atoms with Gasteiger partial charge in [0.25, 0.3) is 0 Å². The van der Waals surface area contributed by atoms with Crippen LogP contribution in [0.4, 0.5) is 0 Å². The Balaban J connectivity index is 0.00000180. The summed E-state index contributed by atoms with van der Waals surface area (Å²) in [6.45, 7) is 4.37. The molecule has 19 heavy (non-hydrogen) atoms. The van der Waals surface area contributed by atoms with E-state index in [1.165, 1.54) is 18.4 Å². The van der Waals surface area contributed by atoms with E-state index in [9.17, 15) is 0 Å². The first-order valence-corrected chi connectivity index (χ1v) is 6.98. The molecule has 104 valence electrons. The molecular weight excluding hydrogens is 254 g/mol. The third-order valence-electron chi connectivity index (χ3n) is 3.64. The quantitative estimate of drug-likeness (QED) is 0.767. The van der Waals surface area contributed by atoms with Crippen molar-refractivity contribution in [1.82, 2.24) is 5.32 Å². The van der Waals surface area contributed by atoms with Crippen molar-refractivity contribution in [2.75, 3.05) is 13.1 Å². The number of rotatable bonds is 6. The van der Waals surface area contributed by atoms with Gasteiger partial charge < -0.3 is 5.32 Å². The Hall–Kier alpha value is -1.05. The molecule has 1 aliphatic rings. The summed E-state index contributed by atoms with van der Waals surface area (Å²) in [5, 5.41) is 3.61. The van der Waals surface area contributed by atoms with Crippen LogP contribution in [0.3, 0.4) is 0 Å². The van der Waals surface area contributed by atoms with E-state index in [1.54, 1.807) is 0 Å². The second-order valence-corrected chi connectivity index (χ2v) is 5.04. The monoisotopic (exact) mass is 277 g/mol. The zero-order valence-electron chi connectivity index (χ0n) is 11.6. The molecule has 1 unspecified atom stereocenters. The molecule has 0 radical (unpaired) electrons. The van der Waals surface area contributed by atoms with Gasteiger partial charge in [-0.05, 0) is 24.9 Å². The summed E-state index contributed by atoms with van der Waals surface area (Å²) in [5.74, 6) is 0. The summed E-state index contributed by atoms with van der Waals surface area (Å²) in [7, 11) is 0. The number of hydrogen-bond acceptors (Lipinski definition) is 1. The van der Waals surface area contributed by atoms with E-state index < -0.39 is 0 Å². The smallest absolute Gasteiger partial charge is 0.0294 e. The highest BCUT2D eigenvalue weighted by Gasteiger charge is 2.28. The van der Waals surface area contributed by atoms with Crippen molar-refractivity contribution < 1.29 is 0 Å². The number of allylic oxidation sites excluding steroid dienone is 3. The fourth-order valence-electron chi connectivity index (χ4n) is 2.50. The number of nitrogens with one attached hydrogen (secondary N) is 1. The minimum absolute atomic E-state index is 0. The zero-order valence-corrected chi connectivity index (χ0v) is 12.5. The Labute approximate surface area is 123 Å². The Morgan fingerprint density at radius 3 is 2.58 bits per heavy atom. The molecule has 0 aliphatic heterocycles. The van der Waals surface area contributed by atoms with Crippen LogP contribution in [-0.4, -0.2) is 13.1 Å². The van der Waals surface area contributed by atoms with Gasteiger partial charge in [0.15, 0.2) is 0 Å². The fraction of sp³-hybridized carbons (Fsp3) is 0.412. The Bertz CT molecular complexity index is 411. The zero-order chi connectivity index (χ0) is 12.7. The van der Waals surface area contributed by atoms with Gasteiger partial charge in [-0.15, -0.1) is 12.4 Å². The molecule has 1 aliphatic carbocycles. The molecule has 0 bridgehead atoms. The van der Waals surface area contributed by atoms with Crippen LogP contribution in [0.25, 0.3) is 0 Å². The maximum atomic E-state index is 3.61. The lowest BCUT2D eigenvalue weighted by Crippen LogP contribution is -2.37. The van der Waals surface area contributed by atoms with Crippen molar-refractivity contribution in [1.29, 1.82) is 0 Å². The molecule has 0 aromatic heterocycles. The van der Waals surface area contributed by atoms with Crippen molar-refractivity contribution in [2.24, 2.45) is 0 Å². The van der Waals surface area contributed by atoms with Gasteiger partial charge in [-0.2, -0.15) is 0 Å².